The molecule has 0 saturated carbocycles. The first-order valence-corrected chi connectivity index (χ1v) is 13.9. The number of hydrogen-bond donors (Lipinski definition) is 0. The molecule has 5 heterocycles. The van der Waals surface area contributed by atoms with E-state index in [1.54, 1.807) is 18.2 Å². The summed E-state index contributed by atoms with van der Waals surface area (Å²) in [5.74, 6) is -2.06. The second kappa shape index (κ2) is 11.5. The zero-order valence-corrected chi connectivity index (χ0v) is 23.2. The Morgan fingerprint density at radius 2 is 2.00 bits per heavy atom. The number of anilines is 1. The number of nitrogens with zero attached hydrogens (tertiary/aromatic N) is 7. The van der Waals surface area contributed by atoms with Crippen molar-refractivity contribution >= 4 is 50.1 Å². The Hall–Kier alpha value is -5.02. The van der Waals surface area contributed by atoms with Crippen molar-refractivity contribution in [2.75, 3.05) is 31.6 Å². The third kappa shape index (κ3) is 4.99. The minimum absolute atomic E-state index is 0.0385. The lowest BCUT2D eigenvalue weighted by Crippen LogP contribution is -2.55. The molecule has 1 aliphatic rings. The van der Waals surface area contributed by atoms with E-state index >= 15 is 4.39 Å². The van der Waals surface area contributed by atoms with Crippen LogP contribution in [0.2, 0.25) is 0 Å². The van der Waals surface area contributed by atoms with Crippen LogP contribution in [0.4, 0.5) is 14.6 Å². The molecule has 9 nitrogen and oxygen atoms in total. The van der Waals surface area contributed by atoms with Gasteiger partial charge >= 0.3 is 6.01 Å². The first-order valence-electron chi connectivity index (χ1n) is 13.1. The third-order valence-corrected chi connectivity index (χ3v) is 8.06. The van der Waals surface area contributed by atoms with Gasteiger partial charge in [0.1, 0.15) is 17.0 Å². The van der Waals surface area contributed by atoms with Gasteiger partial charge in [0.25, 0.3) is 5.91 Å². The van der Waals surface area contributed by atoms with E-state index in [-0.39, 0.29) is 43.3 Å². The zero-order valence-electron chi connectivity index (χ0n) is 22.4. The molecule has 4 aromatic heterocycles. The zero-order chi connectivity index (χ0) is 29.2. The van der Waals surface area contributed by atoms with Crippen molar-refractivity contribution in [3.05, 3.63) is 77.6 Å². The topological polar surface area (TPSA) is 108 Å². The average molecular weight is 584 g/mol. The van der Waals surface area contributed by atoms with E-state index < -0.39 is 23.6 Å². The number of fused-ring (bicyclic) bond motifs is 2. The summed E-state index contributed by atoms with van der Waals surface area (Å²) < 4.78 is 37.4. The predicted octanol–water partition coefficient (Wildman–Crippen LogP) is 5.39. The van der Waals surface area contributed by atoms with Crippen LogP contribution in [-0.4, -0.2) is 63.5 Å². The van der Waals surface area contributed by atoms with E-state index in [9.17, 15) is 14.4 Å². The summed E-state index contributed by atoms with van der Waals surface area (Å²) in [4.78, 5) is 33.5. The minimum Gasteiger partial charge on any atom is -0.467 e. The molecule has 0 N–H and O–H groups in total. The highest BCUT2D eigenvalue weighted by atomic mass is 32.1. The monoisotopic (exact) mass is 583 g/mol. The van der Waals surface area contributed by atoms with Crippen molar-refractivity contribution in [2.24, 2.45) is 0 Å². The number of carbonyl (C=O) groups is 1. The van der Waals surface area contributed by atoms with Gasteiger partial charge in [0, 0.05) is 59.1 Å². The molecule has 1 atom stereocenters. The molecule has 1 amide bonds. The van der Waals surface area contributed by atoms with Crippen molar-refractivity contribution in [1.82, 2.24) is 24.8 Å². The van der Waals surface area contributed by atoms with Crippen LogP contribution in [0.1, 0.15) is 12.1 Å². The number of pyridine rings is 2. The number of thiophene rings is 1. The fourth-order valence-electron chi connectivity index (χ4n) is 5.09. The van der Waals surface area contributed by atoms with Crippen LogP contribution in [0.3, 0.4) is 0 Å². The van der Waals surface area contributed by atoms with E-state index in [2.05, 4.69) is 26.0 Å². The first kappa shape index (κ1) is 27.2. The number of halogens is 2. The van der Waals surface area contributed by atoms with Crippen LogP contribution in [-0.2, 0) is 4.79 Å². The standard InChI is InChI=1S/C30H23F2N7O2S/c1-41-30-36-27-21(15-35-26(25(27)32)22-17-42-24-8-3-2-7-20(22)24)28(37-30)38-12-13-39(19(16-38)9-10-33)29(40)23(31)14-18-6-4-5-11-34-18/h2-8,11,14-15,17,19H,9,12-13,16H2,1H3/b23-14-. The Balaban J connectivity index is 1.35. The first-order chi connectivity index (χ1) is 20.5. The van der Waals surface area contributed by atoms with E-state index in [1.165, 1.54) is 35.7 Å². The van der Waals surface area contributed by atoms with E-state index in [1.807, 2.05) is 34.5 Å². The Morgan fingerprint density at radius 1 is 1.17 bits per heavy atom. The number of nitriles is 1. The molecule has 5 aromatic rings. The summed E-state index contributed by atoms with van der Waals surface area (Å²) in [6, 6.07) is 14.1. The van der Waals surface area contributed by atoms with Gasteiger partial charge in [-0.05, 0) is 18.2 Å². The fourth-order valence-corrected chi connectivity index (χ4v) is 6.03. The second-order valence-corrected chi connectivity index (χ2v) is 10.5. The molecule has 6 rings (SSSR count). The number of methoxy groups -OCH3 is 1. The lowest BCUT2D eigenvalue weighted by atomic mass is 10.1. The van der Waals surface area contributed by atoms with Gasteiger partial charge in [0.15, 0.2) is 11.6 Å². The van der Waals surface area contributed by atoms with Crippen LogP contribution in [0.5, 0.6) is 6.01 Å². The summed E-state index contributed by atoms with van der Waals surface area (Å²) in [5, 5.41) is 12.6. The number of ether oxygens (including phenoxy) is 1. The number of rotatable bonds is 6. The van der Waals surface area contributed by atoms with Gasteiger partial charge in [-0.15, -0.1) is 11.3 Å². The van der Waals surface area contributed by atoms with E-state index in [0.717, 1.165) is 16.2 Å². The molecular formula is C30H23F2N7O2S. The lowest BCUT2D eigenvalue weighted by molar-refractivity contribution is -0.131. The van der Waals surface area contributed by atoms with Gasteiger partial charge in [-0.3, -0.25) is 14.8 Å². The van der Waals surface area contributed by atoms with Gasteiger partial charge in [0.2, 0.25) is 0 Å². The Labute approximate surface area is 243 Å². The van der Waals surface area contributed by atoms with Crippen molar-refractivity contribution in [1.29, 1.82) is 5.26 Å². The van der Waals surface area contributed by atoms with Crippen LogP contribution in [0.15, 0.2) is 66.1 Å². The molecule has 0 radical (unpaired) electrons. The molecular weight excluding hydrogens is 560 g/mol. The summed E-state index contributed by atoms with van der Waals surface area (Å²) in [6.07, 6.45) is 4.07. The Morgan fingerprint density at radius 3 is 2.79 bits per heavy atom. The normalized spacial score (nSPS) is 15.7. The van der Waals surface area contributed by atoms with Gasteiger partial charge in [0.05, 0.1) is 36.7 Å². The second-order valence-electron chi connectivity index (χ2n) is 9.57. The fraction of sp³-hybridized carbons (Fsp3) is 0.200. The number of benzene rings is 1. The Bertz CT molecular complexity index is 1870. The quantitative estimate of drug-likeness (QED) is 0.245. The molecule has 0 spiro atoms. The molecule has 0 aliphatic carbocycles. The summed E-state index contributed by atoms with van der Waals surface area (Å²) in [7, 11) is 1.39. The maximum atomic E-state index is 16.1. The molecule has 1 saturated heterocycles. The molecule has 1 unspecified atom stereocenters. The maximum Gasteiger partial charge on any atom is 0.318 e. The SMILES string of the molecule is COc1nc(N2CCN(C(=O)/C(F)=C/c3ccccn3)C(CC#N)C2)c2cnc(-c3csc4ccccc34)c(F)c2n1. The number of hydrogen-bond acceptors (Lipinski definition) is 9. The third-order valence-electron chi connectivity index (χ3n) is 7.10. The smallest absolute Gasteiger partial charge is 0.318 e. The molecule has 210 valence electrons. The summed E-state index contributed by atoms with van der Waals surface area (Å²) in [5.41, 5.74) is 1.18. The molecule has 12 heteroatoms. The largest absolute Gasteiger partial charge is 0.467 e. The van der Waals surface area contributed by atoms with Crippen LogP contribution in [0, 0.1) is 17.1 Å². The van der Waals surface area contributed by atoms with Crippen molar-refractivity contribution < 1.29 is 18.3 Å². The lowest BCUT2D eigenvalue weighted by Gasteiger charge is -2.41. The van der Waals surface area contributed by atoms with Gasteiger partial charge in [-0.25, -0.2) is 8.78 Å². The van der Waals surface area contributed by atoms with Crippen molar-refractivity contribution in [3.8, 4) is 23.3 Å². The maximum absolute atomic E-state index is 16.1. The number of carbonyl (C=O) groups excluding carboxylic acids is 1. The molecule has 42 heavy (non-hydrogen) atoms. The van der Waals surface area contributed by atoms with Crippen molar-refractivity contribution in [3.63, 3.8) is 0 Å². The number of aromatic nitrogens is 4. The van der Waals surface area contributed by atoms with Crippen LogP contribution < -0.4 is 9.64 Å². The summed E-state index contributed by atoms with van der Waals surface area (Å²) in [6.45, 7) is 0.514. The molecule has 1 fully saturated rings. The van der Waals surface area contributed by atoms with Gasteiger partial charge < -0.3 is 14.5 Å². The predicted molar refractivity (Wildman–Crippen MR) is 156 cm³/mol. The van der Waals surface area contributed by atoms with Crippen molar-refractivity contribution in [2.45, 2.75) is 12.5 Å². The Kier molecular flexibility index (Phi) is 7.41. The average Bonchev–Trinajstić information content (AvgIpc) is 3.45. The van der Waals surface area contributed by atoms with E-state index in [4.69, 9.17) is 4.74 Å². The molecule has 1 aliphatic heterocycles. The summed E-state index contributed by atoms with van der Waals surface area (Å²) >= 11 is 1.50. The van der Waals surface area contributed by atoms with E-state index in [0.29, 0.717) is 22.5 Å². The van der Waals surface area contributed by atoms with Gasteiger partial charge in [-0.2, -0.15) is 15.2 Å². The number of amides is 1. The minimum atomic E-state index is -0.973. The molecule has 1 aromatic carbocycles. The van der Waals surface area contributed by atoms with Crippen LogP contribution in [0.25, 0.3) is 38.3 Å². The highest BCUT2D eigenvalue weighted by Gasteiger charge is 2.34. The number of piperazine rings is 1. The molecule has 0 bridgehead atoms. The highest BCUT2D eigenvalue weighted by molar-refractivity contribution is 7.17. The van der Waals surface area contributed by atoms with Gasteiger partial charge in [-0.1, -0.05) is 24.3 Å². The van der Waals surface area contributed by atoms with Crippen LogP contribution >= 0.6 is 11.3 Å². The highest BCUT2D eigenvalue weighted by Crippen LogP contribution is 2.37.